The van der Waals surface area contributed by atoms with Gasteiger partial charge in [-0.2, -0.15) is 0 Å². The average Bonchev–Trinajstić information content (AvgIpc) is 2.55. The van der Waals surface area contributed by atoms with Gasteiger partial charge in [-0.15, -0.1) is 0 Å². The van der Waals surface area contributed by atoms with Crippen LogP contribution in [-0.4, -0.2) is 55.2 Å². The Morgan fingerprint density at radius 3 is 2.38 bits per heavy atom. The number of aliphatic hydroxyl groups is 1. The maximum absolute atomic E-state index is 12.4. The number of benzene rings is 1. The largest absolute Gasteiger partial charge is 0.392 e. The van der Waals surface area contributed by atoms with E-state index in [-0.39, 0.29) is 5.91 Å². The van der Waals surface area contributed by atoms with Crippen molar-refractivity contribution in [2.24, 2.45) is 0 Å². The van der Waals surface area contributed by atoms with Gasteiger partial charge in [-0.3, -0.25) is 9.69 Å². The zero-order chi connectivity index (χ0) is 17.5. The number of hydrogen-bond donors (Lipinski definition) is 2. The van der Waals surface area contributed by atoms with E-state index < -0.39 is 6.10 Å². The number of nitrogens with zero attached hydrogens (tertiary/aromatic N) is 2. The zero-order valence-electron chi connectivity index (χ0n) is 15.2. The smallest absolute Gasteiger partial charge is 0.238 e. The Bertz CT molecular complexity index is 508. The quantitative estimate of drug-likeness (QED) is 0.805. The van der Waals surface area contributed by atoms with Crippen LogP contribution >= 0.6 is 0 Å². The molecule has 0 aromatic heterocycles. The maximum atomic E-state index is 12.4. The minimum absolute atomic E-state index is 0.0150. The second kappa shape index (κ2) is 9.04. The van der Waals surface area contributed by atoms with Gasteiger partial charge in [-0.1, -0.05) is 19.3 Å². The van der Waals surface area contributed by atoms with E-state index >= 15 is 0 Å². The van der Waals surface area contributed by atoms with Crippen LogP contribution in [0.3, 0.4) is 0 Å². The van der Waals surface area contributed by atoms with Gasteiger partial charge in [0.15, 0.2) is 0 Å². The number of hydrogen-bond acceptors (Lipinski definition) is 4. The molecule has 2 rings (SSSR count). The third kappa shape index (κ3) is 5.80. The molecular weight excluding hydrogens is 302 g/mol. The number of carbonyl (C=O) groups excluding carboxylic acids is 1. The molecule has 1 saturated carbocycles. The lowest BCUT2D eigenvalue weighted by atomic mass is 9.94. The van der Waals surface area contributed by atoms with Crippen molar-refractivity contribution in [2.45, 2.75) is 51.2 Å². The molecule has 5 nitrogen and oxygen atoms in total. The Hall–Kier alpha value is -1.59. The van der Waals surface area contributed by atoms with Crippen LogP contribution in [0.2, 0.25) is 0 Å². The van der Waals surface area contributed by atoms with Gasteiger partial charge < -0.3 is 15.3 Å². The molecule has 2 N–H and O–H groups in total. The van der Waals surface area contributed by atoms with Gasteiger partial charge in [-0.25, -0.2) is 0 Å². The molecule has 1 atom stereocenters. The molecule has 5 heteroatoms. The van der Waals surface area contributed by atoms with Crippen molar-refractivity contribution < 1.29 is 9.90 Å². The summed E-state index contributed by atoms with van der Waals surface area (Å²) in [6, 6.07) is 8.24. The van der Waals surface area contributed by atoms with Crippen molar-refractivity contribution in [1.29, 1.82) is 0 Å². The van der Waals surface area contributed by atoms with Crippen LogP contribution in [0.4, 0.5) is 11.4 Å². The van der Waals surface area contributed by atoms with Crippen molar-refractivity contribution in [3.8, 4) is 0 Å². The minimum atomic E-state index is -0.417. The monoisotopic (exact) mass is 333 g/mol. The highest BCUT2D eigenvalue weighted by Gasteiger charge is 2.24. The molecule has 0 radical (unpaired) electrons. The van der Waals surface area contributed by atoms with Gasteiger partial charge in [0.05, 0.1) is 12.6 Å². The molecule has 1 aliphatic rings. The highest BCUT2D eigenvalue weighted by molar-refractivity contribution is 5.92. The summed E-state index contributed by atoms with van der Waals surface area (Å²) < 4.78 is 0. The van der Waals surface area contributed by atoms with Crippen molar-refractivity contribution in [3.63, 3.8) is 0 Å². The molecule has 1 unspecified atom stereocenters. The van der Waals surface area contributed by atoms with Gasteiger partial charge in [0.25, 0.3) is 0 Å². The minimum Gasteiger partial charge on any atom is -0.392 e. The molecule has 1 aliphatic carbocycles. The lowest BCUT2D eigenvalue weighted by Crippen LogP contribution is -2.45. The van der Waals surface area contributed by atoms with Crippen molar-refractivity contribution in [1.82, 2.24) is 4.90 Å². The lowest BCUT2D eigenvalue weighted by molar-refractivity contribution is -0.118. The van der Waals surface area contributed by atoms with E-state index in [2.05, 4.69) is 10.2 Å². The summed E-state index contributed by atoms with van der Waals surface area (Å²) in [5.41, 5.74) is 1.91. The molecule has 0 aliphatic heterocycles. The van der Waals surface area contributed by atoms with Crippen LogP contribution in [0, 0.1) is 0 Å². The first-order valence-corrected chi connectivity index (χ1v) is 8.95. The summed E-state index contributed by atoms with van der Waals surface area (Å²) in [4.78, 5) is 16.6. The molecule has 134 valence electrons. The number of amides is 1. The fraction of sp³-hybridized carbons (Fsp3) is 0.632. The zero-order valence-corrected chi connectivity index (χ0v) is 15.2. The van der Waals surface area contributed by atoms with Crippen LogP contribution in [0.15, 0.2) is 24.3 Å². The maximum Gasteiger partial charge on any atom is 0.238 e. The molecular formula is C19H31N3O2. The van der Waals surface area contributed by atoms with Crippen molar-refractivity contribution in [3.05, 3.63) is 24.3 Å². The first kappa shape index (κ1) is 18.7. The lowest BCUT2D eigenvalue weighted by Gasteiger charge is -2.34. The van der Waals surface area contributed by atoms with Gasteiger partial charge >= 0.3 is 0 Å². The predicted molar refractivity (Wildman–Crippen MR) is 99.5 cm³/mol. The molecule has 0 spiro atoms. The Kier molecular flexibility index (Phi) is 7.06. The van der Waals surface area contributed by atoms with E-state index in [0.29, 0.717) is 19.1 Å². The topological polar surface area (TPSA) is 55.8 Å². The van der Waals surface area contributed by atoms with E-state index in [1.165, 1.54) is 19.3 Å². The Labute approximate surface area is 145 Å². The van der Waals surface area contributed by atoms with Gasteiger partial charge in [0.2, 0.25) is 5.91 Å². The second-order valence-electron chi connectivity index (χ2n) is 7.06. The number of carbonyl (C=O) groups is 1. The fourth-order valence-electron chi connectivity index (χ4n) is 3.36. The summed E-state index contributed by atoms with van der Waals surface area (Å²) in [7, 11) is 3.98. The highest BCUT2D eigenvalue weighted by atomic mass is 16.3. The molecule has 0 heterocycles. The third-order valence-electron chi connectivity index (χ3n) is 4.60. The fourth-order valence-corrected chi connectivity index (χ4v) is 3.36. The Morgan fingerprint density at radius 2 is 1.83 bits per heavy atom. The first-order valence-electron chi connectivity index (χ1n) is 8.95. The number of aliphatic hydroxyl groups excluding tert-OH is 1. The first-order chi connectivity index (χ1) is 11.5. The van der Waals surface area contributed by atoms with Crippen LogP contribution in [0.5, 0.6) is 0 Å². The van der Waals surface area contributed by atoms with E-state index in [0.717, 1.165) is 24.2 Å². The van der Waals surface area contributed by atoms with Gasteiger partial charge in [0, 0.05) is 38.1 Å². The normalized spacial score (nSPS) is 16.9. The number of anilines is 2. The van der Waals surface area contributed by atoms with Crippen LogP contribution in [0.1, 0.15) is 39.0 Å². The van der Waals surface area contributed by atoms with Crippen LogP contribution < -0.4 is 10.2 Å². The molecule has 24 heavy (non-hydrogen) atoms. The molecule has 1 fully saturated rings. The summed E-state index contributed by atoms with van der Waals surface area (Å²) in [6.07, 6.45) is 5.54. The Morgan fingerprint density at radius 1 is 1.21 bits per heavy atom. The second-order valence-corrected chi connectivity index (χ2v) is 7.06. The average molecular weight is 333 g/mol. The number of rotatable bonds is 7. The molecule has 1 aromatic rings. The van der Waals surface area contributed by atoms with Gasteiger partial charge in [0.1, 0.15) is 0 Å². The van der Waals surface area contributed by atoms with Gasteiger partial charge in [-0.05, 0) is 44.0 Å². The summed E-state index contributed by atoms with van der Waals surface area (Å²) in [5, 5.41) is 12.7. The summed E-state index contributed by atoms with van der Waals surface area (Å²) in [6.45, 7) is 2.68. The van der Waals surface area contributed by atoms with Crippen LogP contribution in [0.25, 0.3) is 0 Å². The molecule has 1 amide bonds. The van der Waals surface area contributed by atoms with Crippen molar-refractivity contribution in [2.75, 3.05) is 37.4 Å². The standard InChI is InChI=1S/C19H31N3O2/c1-15(23)13-22(18-7-5-4-6-8-18)14-19(24)20-16-9-11-17(12-10-16)21(2)3/h9-12,15,18,23H,4-8,13-14H2,1-3H3,(H,20,24). The predicted octanol–water partition coefficient (Wildman–Crippen LogP) is 2.71. The summed E-state index contributed by atoms with van der Waals surface area (Å²) in [5.74, 6) is -0.0150. The van der Waals surface area contributed by atoms with E-state index in [1.807, 2.05) is 43.3 Å². The molecule has 0 saturated heterocycles. The van der Waals surface area contributed by atoms with E-state index in [1.54, 1.807) is 6.92 Å². The van der Waals surface area contributed by atoms with E-state index in [4.69, 9.17) is 0 Å². The van der Waals surface area contributed by atoms with Crippen molar-refractivity contribution >= 4 is 17.3 Å². The highest BCUT2D eigenvalue weighted by Crippen LogP contribution is 2.23. The third-order valence-corrected chi connectivity index (χ3v) is 4.60. The molecule has 0 bridgehead atoms. The van der Waals surface area contributed by atoms with E-state index in [9.17, 15) is 9.90 Å². The molecule has 1 aromatic carbocycles. The Balaban J connectivity index is 1.93. The van der Waals surface area contributed by atoms with Crippen LogP contribution in [-0.2, 0) is 4.79 Å². The summed E-state index contributed by atoms with van der Waals surface area (Å²) >= 11 is 0. The SMILES string of the molecule is CC(O)CN(CC(=O)Nc1ccc(N(C)C)cc1)C1CCCCC1. The number of nitrogens with one attached hydrogen (secondary N) is 1.